The molecule has 1 aromatic carbocycles. The Morgan fingerprint density at radius 2 is 2.04 bits per heavy atom. The number of aliphatic hydroxyl groups excluding tert-OH is 1. The Kier molecular flexibility index (Phi) is 6.24. The molecule has 1 saturated heterocycles. The van der Waals surface area contributed by atoms with E-state index in [4.69, 9.17) is 4.74 Å². The Balaban J connectivity index is 1.60. The molecule has 0 aliphatic carbocycles. The summed E-state index contributed by atoms with van der Waals surface area (Å²) in [5, 5.41) is 13.7. The molecule has 7 nitrogen and oxygen atoms in total. The average Bonchev–Trinajstić information content (AvgIpc) is 3.07. The van der Waals surface area contributed by atoms with E-state index in [9.17, 15) is 9.90 Å². The quantitative estimate of drug-likeness (QED) is 0.812. The number of nitrogens with zero attached hydrogens (tertiary/aromatic N) is 3. The van der Waals surface area contributed by atoms with Crippen LogP contribution in [0.25, 0.3) is 0 Å². The minimum Gasteiger partial charge on any atom is -0.445 e. The second-order valence-electron chi connectivity index (χ2n) is 6.63. The number of aliphatic hydroxyl groups is 1. The summed E-state index contributed by atoms with van der Waals surface area (Å²) >= 11 is 0. The number of likely N-dealkylation sites (tertiary alicyclic amines) is 1. The minimum atomic E-state index is -0.689. The third-order valence-corrected chi connectivity index (χ3v) is 4.67. The van der Waals surface area contributed by atoms with Crippen molar-refractivity contribution in [2.45, 2.75) is 45.4 Å². The van der Waals surface area contributed by atoms with Crippen molar-refractivity contribution in [2.75, 3.05) is 18.4 Å². The summed E-state index contributed by atoms with van der Waals surface area (Å²) in [5.41, 5.74) is 2.67. The topological polar surface area (TPSA) is 87.6 Å². The zero-order chi connectivity index (χ0) is 19.2. The van der Waals surface area contributed by atoms with Crippen LogP contribution in [0.1, 0.15) is 30.8 Å². The van der Waals surface area contributed by atoms with Crippen LogP contribution in [-0.4, -0.2) is 51.3 Å². The van der Waals surface area contributed by atoms with Gasteiger partial charge in [-0.15, -0.1) is 0 Å². The third-order valence-electron chi connectivity index (χ3n) is 4.67. The molecule has 0 saturated carbocycles. The smallest absolute Gasteiger partial charge is 0.410 e. The molecule has 1 fully saturated rings. The number of rotatable bonds is 6. The van der Waals surface area contributed by atoms with Crippen molar-refractivity contribution >= 4 is 11.9 Å². The highest BCUT2D eigenvalue weighted by Gasteiger charge is 2.35. The fourth-order valence-corrected chi connectivity index (χ4v) is 3.06. The molecule has 7 heteroatoms. The van der Waals surface area contributed by atoms with Gasteiger partial charge in [-0.1, -0.05) is 44.2 Å². The predicted molar refractivity (Wildman–Crippen MR) is 102 cm³/mol. The lowest BCUT2D eigenvalue weighted by Crippen LogP contribution is -2.34. The monoisotopic (exact) mass is 370 g/mol. The van der Waals surface area contributed by atoms with E-state index in [1.165, 1.54) is 4.90 Å². The molecule has 1 aliphatic rings. The van der Waals surface area contributed by atoms with Crippen molar-refractivity contribution in [2.24, 2.45) is 0 Å². The Morgan fingerprint density at radius 3 is 2.74 bits per heavy atom. The number of amides is 1. The van der Waals surface area contributed by atoms with E-state index in [1.54, 1.807) is 6.20 Å². The highest BCUT2D eigenvalue weighted by atomic mass is 16.6. The maximum absolute atomic E-state index is 12.3. The number of nitrogens with one attached hydrogen (secondary N) is 1. The molecule has 2 N–H and O–H groups in total. The number of hydrogen-bond acceptors (Lipinski definition) is 6. The van der Waals surface area contributed by atoms with Gasteiger partial charge in [-0.25, -0.2) is 9.78 Å². The number of benzene rings is 1. The SMILES string of the molecule is CCc1cnc(CC)c(N[C@@H]2CN(C(=O)OCc3ccccc3)C[C@@H]2O)n1. The number of ether oxygens (including phenoxy) is 1. The van der Waals surface area contributed by atoms with Crippen LogP contribution < -0.4 is 5.32 Å². The number of aromatic nitrogens is 2. The van der Waals surface area contributed by atoms with Crippen molar-refractivity contribution in [3.05, 3.63) is 53.5 Å². The standard InChI is InChI=1S/C20H26N4O3/c1-3-15-10-21-16(4-2)19(22-15)23-17-11-24(12-18(17)25)20(26)27-13-14-8-6-5-7-9-14/h5-10,17-18,25H,3-4,11-13H2,1-2H3,(H,22,23)/t17-,18+/m1/s1. The summed E-state index contributed by atoms with van der Waals surface area (Å²) in [6.07, 6.45) is 2.20. The normalized spacial score (nSPS) is 19.1. The molecular formula is C20H26N4O3. The van der Waals surface area contributed by atoms with Gasteiger partial charge in [0.05, 0.1) is 30.1 Å². The van der Waals surface area contributed by atoms with Crippen LogP contribution in [-0.2, 0) is 24.2 Å². The molecule has 3 rings (SSSR count). The Morgan fingerprint density at radius 1 is 1.26 bits per heavy atom. The van der Waals surface area contributed by atoms with E-state index in [1.807, 2.05) is 44.2 Å². The first-order chi connectivity index (χ1) is 13.1. The van der Waals surface area contributed by atoms with Gasteiger partial charge in [-0.3, -0.25) is 4.98 Å². The van der Waals surface area contributed by atoms with Crippen LogP contribution >= 0.6 is 0 Å². The lowest BCUT2D eigenvalue weighted by molar-refractivity contribution is 0.0971. The zero-order valence-electron chi connectivity index (χ0n) is 15.8. The van der Waals surface area contributed by atoms with Crippen molar-refractivity contribution in [1.82, 2.24) is 14.9 Å². The van der Waals surface area contributed by atoms with Crippen LogP contribution in [0.2, 0.25) is 0 Å². The van der Waals surface area contributed by atoms with Crippen LogP contribution in [0.3, 0.4) is 0 Å². The van der Waals surface area contributed by atoms with Gasteiger partial charge in [0, 0.05) is 12.7 Å². The molecule has 2 aromatic rings. The summed E-state index contributed by atoms with van der Waals surface area (Å²) in [5.74, 6) is 0.681. The Hall–Kier alpha value is -2.67. The van der Waals surface area contributed by atoms with Crippen LogP contribution in [0.15, 0.2) is 36.5 Å². The second-order valence-corrected chi connectivity index (χ2v) is 6.63. The zero-order valence-corrected chi connectivity index (χ0v) is 15.8. The number of carbonyl (C=O) groups excluding carboxylic acids is 1. The molecule has 0 unspecified atom stereocenters. The van der Waals surface area contributed by atoms with Gasteiger partial charge in [0.2, 0.25) is 0 Å². The van der Waals surface area contributed by atoms with Crippen LogP contribution in [0.5, 0.6) is 0 Å². The van der Waals surface area contributed by atoms with Crippen LogP contribution in [0.4, 0.5) is 10.6 Å². The summed E-state index contributed by atoms with van der Waals surface area (Å²) in [4.78, 5) is 22.9. The van der Waals surface area contributed by atoms with E-state index in [-0.39, 0.29) is 19.2 Å². The fourth-order valence-electron chi connectivity index (χ4n) is 3.06. The maximum atomic E-state index is 12.3. The number of hydrogen-bond donors (Lipinski definition) is 2. The lowest BCUT2D eigenvalue weighted by Gasteiger charge is -2.19. The van der Waals surface area contributed by atoms with Crippen molar-refractivity contribution < 1.29 is 14.6 Å². The molecular weight excluding hydrogens is 344 g/mol. The summed E-state index contributed by atoms with van der Waals surface area (Å²) in [7, 11) is 0. The molecule has 27 heavy (non-hydrogen) atoms. The van der Waals surface area contributed by atoms with E-state index in [2.05, 4.69) is 15.3 Å². The fraction of sp³-hybridized carbons (Fsp3) is 0.450. The molecule has 2 heterocycles. The molecule has 0 bridgehead atoms. The molecule has 1 aliphatic heterocycles. The van der Waals surface area contributed by atoms with Crippen molar-refractivity contribution in [3.63, 3.8) is 0 Å². The van der Waals surface area contributed by atoms with Gasteiger partial charge in [0.25, 0.3) is 0 Å². The van der Waals surface area contributed by atoms with E-state index in [0.29, 0.717) is 12.4 Å². The molecule has 144 valence electrons. The number of β-amino-alcohol motifs (C(OH)–C–C–N with tert-alkyl or cyclic N) is 1. The highest BCUT2D eigenvalue weighted by molar-refractivity contribution is 5.68. The van der Waals surface area contributed by atoms with Gasteiger partial charge in [-0.05, 0) is 18.4 Å². The molecule has 0 radical (unpaired) electrons. The molecule has 0 spiro atoms. The summed E-state index contributed by atoms with van der Waals surface area (Å²) < 4.78 is 5.36. The van der Waals surface area contributed by atoms with E-state index >= 15 is 0 Å². The van der Waals surface area contributed by atoms with Gasteiger partial charge >= 0.3 is 6.09 Å². The van der Waals surface area contributed by atoms with Gasteiger partial charge < -0.3 is 20.1 Å². The number of aryl methyl sites for hydroxylation is 2. The first kappa shape index (κ1) is 19.1. The van der Waals surface area contributed by atoms with Crippen molar-refractivity contribution in [1.29, 1.82) is 0 Å². The minimum absolute atomic E-state index is 0.217. The largest absolute Gasteiger partial charge is 0.445 e. The molecule has 1 aromatic heterocycles. The molecule has 1 amide bonds. The second kappa shape index (κ2) is 8.81. The average molecular weight is 370 g/mol. The summed E-state index contributed by atoms with van der Waals surface area (Å²) in [6, 6.07) is 9.23. The maximum Gasteiger partial charge on any atom is 0.410 e. The van der Waals surface area contributed by atoms with E-state index < -0.39 is 12.2 Å². The first-order valence-corrected chi connectivity index (χ1v) is 9.35. The predicted octanol–water partition coefficient (Wildman–Crippen LogP) is 2.40. The third kappa shape index (κ3) is 4.74. The van der Waals surface area contributed by atoms with Gasteiger partial charge in [0.15, 0.2) is 0 Å². The Labute approximate surface area is 159 Å². The highest BCUT2D eigenvalue weighted by Crippen LogP contribution is 2.19. The van der Waals surface area contributed by atoms with E-state index in [0.717, 1.165) is 29.8 Å². The lowest BCUT2D eigenvalue weighted by atomic mass is 10.2. The number of carbonyl (C=O) groups is 1. The molecule has 2 atom stereocenters. The first-order valence-electron chi connectivity index (χ1n) is 9.35. The van der Waals surface area contributed by atoms with Gasteiger partial charge in [0.1, 0.15) is 12.4 Å². The number of anilines is 1. The Bertz CT molecular complexity index is 769. The summed E-state index contributed by atoms with van der Waals surface area (Å²) in [6.45, 7) is 4.84. The van der Waals surface area contributed by atoms with Crippen molar-refractivity contribution in [3.8, 4) is 0 Å². The van der Waals surface area contributed by atoms with Gasteiger partial charge in [-0.2, -0.15) is 0 Å². The van der Waals surface area contributed by atoms with Crippen LogP contribution in [0, 0.1) is 0 Å².